The van der Waals surface area contributed by atoms with Crippen LogP contribution in [0.15, 0.2) is 42.5 Å². The minimum atomic E-state index is -0.323. The van der Waals surface area contributed by atoms with Crippen molar-refractivity contribution in [2.24, 2.45) is 0 Å². The molecule has 0 aliphatic rings. The second-order valence-corrected chi connectivity index (χ2v) is 5.19. The summed E-state index contributed by atoms with van der Waals surface area (Å²) in [4.78, 5) is 11.5. The molecule has 1 atom stereocenters. The molecule has 0 amide bonds. The Bertz CT molecular complexity index is 662. The lowest BCUT2D eigenvalue weighted by Crippen LogP contribution is -2.04. The van der Waals surface area contributed by atoms with Crippen molar-refractivity contribution in [3.63, 3.8) is 0 Å². The Kier molecular flexibility index (Phi) is 5.63. The number of hydrogen-bond acceptors (Lipinski definition) is 4. The van der Waals surface area contributed by atoms with Crippen LogP contribution in [0.5, 0.6) is 11.5 Å². The smallest absolute Gasteiger partial charge is 0.337 e. The number of esters is 1. The van der Waals surface area contributed by atoms with Gasteiger partial charge in [-0.05, 0) is 41.8 Å². The van der Waals surface area contributed by atoms with Crippen molar-refractivity contribution in [1.82, 2.24) is 0 Å². The molecule has 0 saturated heterocycles. The number of carbonyl (C=O) groups excluding carboxylic acids is 1. The maximum Gasteiger partial charge on any atom is 0.337 e. The summed E-state index contributed by atoms with van der Waals surface area (Å²) in [5.41, 5.74) is 2.85. The Hall–Kier alpha value is -2.49. The van der Waals surface area contributed by atoms with Crippen molar-refractivity contribution >= 4 is 5.97 Å². The number of hydrogen-bond donors (Lipinski definition) is 0. The third kappa shape index (κ3) is 3.65. The van der Waals surface area contributed by atoms with Gasteiger partial charge < -0.3 is 14.2 Å². The van der Waals surface area contributed by atoms with Gasteiger partial charge in [0.1, 0.15) is 0 Å². The van der Waals surface area contributed by atoms with Crippen LogP contribution in [0.3, 0.4) is 0 Å². The molecule has 4 nitrogen and oxygen atoms in total. The molecule has 2 aromatic carbocycles. The Labute approximate surface area is 137 Å². The minimum absolute atomic E-state index is 0.224. The first-order valence-electron chi connectivity index (χ1n) is 7.54. The van der Waals surface area contributed by atoms with Crippen LogP contribution in [0.25, 0.3) is 0 Å². The number of ether oxygens (including phenoxy) is 3. The molecular weight excluding hydrogens is 292 g/mol. The topological polar surface area (TPSA) is 44.8 Å². The van der Waals surface area contributed by atoms with Crippen LogP contribution in [-0.4, -0.2) is 27.3 Å². The average Bonchev–Trinajstić information content (AvgIpc) is 2.62. The Morgan fingerprint density at radius 2 is 1.52 bits per heavy atom. The van der Waals surface area contributed by atoms with Crippen LogP contribution in [0.4, 0.5) is 0 Å². The molecule has 0 spiro atoms. The predicted molar refractivity (Wildman–Crippen MR) is 89.5 cm³/mol. The van der Waals surface area contributed by atoms with Gasteiger partial charge in [0, 0.05) is 5.92 Å². The first kappa shape index (κ1) is 16.9. The Morgan fingerprint density at radius 3 is 2.04 bits per heavy atom. The van der Waals surface area contributed by atoms with Crippen molar-refractivity contribution in [3.05, 3.63) is 59.2 Å². The van der Waals surface area contributed by atoms with Crippen molar-refractivity contribution in [2.45, 2.75) is 19.3 Å². The molecule has 0 fully saturated rings. The van der Waals surface area contributed by atoms with E-state index >= 15 is 0 Å². The minimum Gasteiger partial charge on any atom is -0.493 e. The molecule has 0 N–H and O–H groups in total. The first-order valence-corrected chi connectivity index (χ1v) is 7.54. The average molecular weight is 314 g/mol. The number of rotatable bonds is 6. The molecule has 0 bridgehead atoms. The normalized spacial score (nSPS) is 11.7. The van der Waals surface area contributed by atoms with Crippen molar-refractivity contribution in [3.8, 4) is 11.5 Å². The summed E-state index contributed by atoms with van der Waals surface area (Å²) in [7, 11) is 4.64. The van der Waals surface area contributed by atoms with E-state index in [4.69, 9.17) is 14.2 Å². The van der Waals surface area contributed by atoms with E-state index < -0.39 is 0 Å². The lowest BCUT2D eigenvalue weighted by molar-refractivity contribution is 0.0600. The second kappa shape index (κ2) is 7.68. The molecular formula is C19H22O4. The van der Waals surface area contributed by atoms with Crippen molar-refractivity contribution < 1.29 is 19.0 Å². The molecule has 23 heavy (non-hydrogen) atoms. The standard InChI is InChI=1S/C19H22O4/c1-5-16(13-6-8-14(9-7-13)19(20)23-4)15-10-11-17(21-2)18(12-15)22-3/h6-12,16H,5H2,1-4H3/t16-/m0/s1. The molecule has 0 saturated carbocycles. The van der Waals surface area contributed by atoms with E-state index in [-0.39, 0.29) is 11.9 Å². The molecule has 0 aliphatic heterocycles. The fourth-order valence-corrected chi connectivity index (χ4v) is 2.70. The van der Waals surface area contributed by atoms with Crippen molar-refractivity contribution in [1.29, 1.82) is 0 Å². The van der Waals surface area contributed by atoms with Gasteiger partial charge in [-0.2, -0.15) is 0 Å². The van der Waals surface area contributed by atoms with Gasteiger partial charge in [-0.3, -0.25) is 0 Å². The maximum atomic E-state index is 11.5. The lowest BCUT2D eigenvalue weighted by Gasteiger charge is -2.18. The highest BCUT2D eigenvalue weighted by Gasteiger charge is 2.15. The zero-order chi connectivity index (χ0) is 16.8. The van der Waals surface area contributed by atoms with Gasteiger partial charge in [-0.1, -0.05) is 25.1 Å². The van der Waals surface area contributed by atoms with Crippen LogP contribution < -0.4 is 9.47 Å². The van der Waals surface area contributed by atoms with Crippen LogP contribution in [0, 0.1) is 0 Å². The van der Waals surface area contributed by atoms with Crippen LogP contribution in [0.2, 0.25) is 0 Å². The van der Waals surface area contributed by atoms with Crippen LogP contribution in [-0.2, 0) is 4.74 Å². The highest BCUT2D eigenvalue weighted by atomic mass is 16.5. The van der Waals surface area contributed by atoms with Gasteiger partial charge in [0.15, 0.2) is 11.5 Å². The summed E-state index contributed by atoms with van der Waals surface area (Å²) in [5.74, 6) is 1.33. The van der Waals surface area contributed by atoms with E-state index in [9.17, 15) is 4.79 Å². The van der Waals surface area contributed by atoms with Gasteiger partial charge in [0.2, 0.25) is 0 Å². The van der Waals surface area contributed by atoms with Gasteiger partial charge in [-0.15, -0.1) is 0 Å². The zero-order valence-corrected chi connectivity index (χ0v) is 14.0. The fraction of sp³-hybridized carbons (Fsp3) is 0.316. The van der Waals surface area contributed by atoms with Crippen LogP contribution in [0.1, 0.15) is 40.7 Å². The largest absolute Gasteiger partial charge is 0.493 e. The quantitative estimate of drug-likeness (QED) is 0.755. The summed E-state index contributed by atoms with van der Waals surface area (Å²) in [6.45, 7) is 2.13. The predicted octanol–water partition coefficient (Wildman–Crippen LogP) is 4.03. The van der Waals surface area contributed by atoms with E-state index in [1.807, 2.05) is 30.3 Å². The van der Waals surface area contributed by atoms with Gasteiger partial charge in [0.25, 0.3) is 0 Å². The lowest BCUT2D eigenvalue weighted by atomic mass is 9.88. The molecule has 0 aliphatic carbocycles. The summed E-state index contributed by atoms with van der Waals surface area (Å²) >= 11 is 0. The molecule has 0 unspecified atom stereocenters. The van der Waals surface area contributed by atoms with E-state index in [1.54, 1.807) is 26.4 Å². The SMILES string of the molecule is CC[C@@H](c1ccc(C(=O)OC)cc1)c1ccc(OC)c(OC)c1. The van der Waals surface area contributed by atoms with Gasteiger partial charge in [0.05, 0.1) is 26.9 Å². The highest BCUT2D eigenvalue weighted by molar-refractivity contribution is 5.89. The fourth-order valence-electron chi connectivity index (χ4n) is 2.70. The van der Waals surface area contributed by atoms with Gasteiger partial charge >= 0.3 is 5.97 Å². The summed E-state index contributed by atoms with van der Waals surface area (Å²) in [5, 5.41) is 0. The Balaban J connectivity index is 2.34. The number of carbonyl (C=O) groups is 1. The monoisotopic (exact) mass is 314 g/mol. The van der Waals surface area contributed by atoms with Gasteiger partial charge in [-0.25, -0.2) is 4.79 Å². The molecule has 0 radical (unpaired) electrons. The van der Waals surface area contributed by atoms with E-state index in [2.05, 4.69) is 6.92 Å². The second-order valence-electron chi connectivity index (χ2n) is 5.19. The first-order chi connectivity index (χ1) is 11.1. The third-order valence-electron chi connectivity index (χ3n) is 3.95. The molecule has 122 valence electrons. The summed E-state index contributed by atoms with van der Waals surface area (Å²) < 4.78 is 15.4. The number of methoxy groups -OCH3 is 3. The van der Waals surface area contributed by atoms with E-state index in [0.29, 0.717) is 11.3 Å². The molecule has 0 heterocycles. The third-order valence-corrected chi connectivity index (χ3v) is 3.95. The van der Waals surface area contributed by atoms with E-state index in [1.165, 1.54) is 7.11 Å². The van der Waals surface area contributed by atoms with Crippen LogP contribution >= 0.6 is 0 Å². The maximum absolute atomic E-state index is 11.5. The molecule has 0 aromatic heterocycles. The molecule has 2 aromatic rings. The molecule has 4 heteroatoms. The van der Waals surface area contributed by atoms with Crippen molar-refractivity contribution in [2.75, 3.05) is 21.3 Å². The zero-order valence-electron chi connectivity index (χ0n) is 14.0. The summed E-state index contributed by atoms with van der Waals surface area (Å²) in [6, 6.07) is 13.5. The highest BCUT2D eigenvalue weighted by Crippen LogP contribution is 2.34. The Morgan fingerprint density at radius 1 is 0.913 bits per heavy atom. The van der Waals surface area contributed by atoms with E-state index in [0.717, 1.165) is 23.3 Å². The summed E-state index contributed by atoms with van der Waals surface area (Å²) in [6.07, 6.45) is 0.938. The number of benzene rings is 2. The molecule has 2 rings (SSSR count).